The van der Waals surface area contributed by atoms with E-state index >= 15 is 0 Å². The van der Waals surface area contributed by atoms with E-state index in [9.17, 15) is 4.79 Å². The third-order valence-corrected chi connectivity index (χ3v) is 7.49. The van der Waals surface area contributed by atoms with Gasteiger partial charge in [0.25, 0.3) is 5.91 Å². The smallest absolute Gasteiger partial charge is 0.271 e. The molecule has 0 aliphatic carbocycles. The van der Waals surface area contributed by atoms with Crippen LogP contribution in [0.5, 0.6) is 5.75 Å². The summed E-state index contributed by atoms with van der Waals surface area (Å²) in [6, 6.07) is 33.1. The molecule has 1 aliphatic heterocycles. The van der Waals surface area contributed by atoms with E-state index in [-0.39, 0.29) is 5.91 Å². The van der Waals surface area contributed by atoms with Gasteiger partial charge in [-0.15, -0.1) is 0 Å². The highest BCUT2D eigenvalue weighted by atomic mass is 79.9. The molecule has 1 amide bonds. The summed E-state index contributed by atoms with van der Waals surface area (Å²) in [7, 11) is 0. The van der Waals surface area contributed by atoms with Gasteiger partial charge < -0.3 is 4.74 Å². The molecule has 0 unspecified atom stereocenters. The van der Waals surface area contributed by atoms with Crippen LogP contribution in [0.15, 0.2) is 122 Å². The number of thioether (sulfide) groups is 1. The predicted octanol–water partition coefficient (Wildman–Crippen LogP) is 8.60. The maximum atomic E-state index is 13.5. The molecule has 1 saturated heterocycles. The van der Waals surface area contributed by atoms with E-state index in [1.165, 1.54) is 11.8 Å². The Morgan fingerprint density at radius 3 is 2.06 bits per heavy atom. The average Bonchev–Trinajstić information content (AvgIpc) is 3.19. The Balaban J connectivity index is 1.45. The van der Waals surface area contributed by atoms with Crippen molar-refractivity contribution < 1.29 is 9.53 Å². The summed E-state index contributed by atoms with van der Waals surface area (Å²) < 4.78 is 7.64. The van der Waals surface area contributed by atoms with Crippen LogP contribution in [0.25, 0.3) is 6.08 Å². The van der Waals surface area contributed by atoms with Crippen LogP contribution in [-0.4, -0.2) is 11.1 Å². The molecule has 4 aromatic rings. The molecule has 0 bridgehead atoms. The van der Waals surface area contributed by atoms with Crippen LogP contribution in [0.4, 0.5) is 11.4 Å². The first-order chi connectivity index (χ1) is 17.6. The number of nitrogens with zero attached hydrogens (tertiary/aromatic N) is 2. The number of hydrogen-bond acceptors (Lipinski definition) is 4. The van der Waals surface area contributed by atoms with Crippen LogP contribution in [-0.2, 0) is 11.4 Å². The quantitative estimate of drug-likeness (QED) is 0.203. The first-order valence-electron chi connectivity index (χ1n) is 11.2. The molecule has 36 heavy (non-hydrogen) atoms. The molecule has 7 heteroatoms. The highest BCUT2D eigenvalue weighted by Gasteiger charge is 2.34. The van der Waals surface area contributed by atoms with Crippen LogP contribution < -0.4 is 9.64 Å². The third-order valence-electron chi connectivity index (χ3n) is 5.35. The number of amidine groups is 1. The SMILES string of the molecule is O=C1/C(=C\c2cc(Br)c(OCc3ccccc3)c(Br)c2)SC(=Nc2ccccc2)N1c1ccccc1. The zero-order chi connectivity index (χ0) is 24.9. The van der Waals surface area contributed by atoms with Crippen molar-refractivity contribution in [3.05, 3.63) is 128 Å². The second-order valence-electron chi connectivity index (χ2n) is 7.90. The van der Waals surface area contributed by atoms with Gasteiger partial charge in [-0.2, -0.15) is 0 Å². The molecule has 0 aromatic heterocycles. The molecule has 178 valence electrons. The number of carbonyl (C=O) groups is 1. The summed E-state index contributed by atoms with van der Waals surface area (Å²) in [5, 5.41) is 0.615. The zero-order valence-electron chi connectivity index (χ0n) is 19.0. The molecule has 1 fully saturated rings. The fraction of sp³-hybridized carbons (Fsp3) is 0.0345. The molecule has 0 saturated carbocycles. The number of benzene rings is 4. The monoisotopic (exact) mass is 618 g/mol. The lowest BCUT2D eigenvalue weighted by Crippen LogP contribution is -2.28. The van der Waals surface area contributed by atoms with Crippen molar-refractivity contribution in [3.8, 4) is 5.75 Å². The van der Waals surface area contributed by atoms with Gasteiger partial charge in [0.15, 0.2) is 5.17 Å². The molecule has 0 atom stereocenters. The second-order valence-corrected chi connectivity index (χ2v) is 10.6. The minimum atomic E-state index is -0.113. The van der Waals surface area contributed by atoms with E-state index in [1.54, 1.807) is 4.90 Å². The number of hydrogen-bond donors (Lipinski definition) is 0. The van der Waals surface area contributed by atoms with E-state index in [4.69, 9.17) is 9.73 Å². The maximum Gasteiger partial charge on any atom is 0.271 e. The molecule has 0 N–H and O–H groups in total. The first-order valence-corrected chi connectivity index (χ1v) is 13.6. The zero-order valence-corrected chi connectivity index (χ0v) is 23.0. The van der Waals surface area contributed by atoms with E-state index in [2.05, 4.69) is 31.9 Å². The number of rotatable bonds is 6. The molecule has 1 aliphatic rings. The van der Waals surface area contributed by atoms with E-state index < -0.39 is 0 Å². The molecule has 0 radical (unpaired) electrons. The lowest BCUT2D eigenvalue weighted by molar-refractivity contribution is -0.113. The predicted molar refractivity (Wildman–Crippen MR) is 156 cm³/mol. The fourth-order valence-electron chi connectivity index (χ4n) is 3.65. The highest BCUT2D eigenvalue weighted by molar-refractivity contribution is 9.11. The number of aliphatic imine (C=N–C) groups is 1. The largest absolute Gasteiger partial charge is 0.487 e. The molecular formula is C29H20Br2N2O2S. The Kier molecular flexibility index (Phi) is 7.70. The summed E-state index contributed by atoms with van der Waals surface area (Å²) >= 11 is 8.62. The Morgan fingerprint density at radius 2 is 1.42 bits per heavy atom. The summed E-state index contributed by atoms with van der Waals surface area (Å²) in [6.45, 7) is 0.457. The van der Waals surface area contributed by atoms with Gasteiger partial charge in [-0.05, 0) is 97.2 Å². The summed E-state index contributed by atoms with van der Waals surface area (Å²) in [5.41, 5.74) is 3.52. The topological polar surface area (TPSA) is 41.9 Å². The number of anilines is 1. The van der Waals surface area contributed by atoms with Crippen molar-refractivity contribution in [2.45, 2.75) is 6.61 Å². The molecule has 1 heterocycles. The van der Waals surface area contributed by atoms with Crippen LogP contribution in [0, 0.1) is 0 Å². The average molecular weight is 620 g/mol. The number of para-hydroxylation sites is 2. The van der Waals surface area contributed by atoms with Gasteiger partial charge in [0.1, 0.15) is 12.4 Å². The van der Waals surface area contributed by atoms with E-state index in [1.807, 2.05) is 109 Å². The minimum absolute atomic E-state index is 0.113. The maximum absolute atomic E-state index is 13.5. The number of carbonyl (C=O) groups excluding carboxylic acids is 1. The Labute approximate surface area is 231 Å². The van der Waals surface area contributed by atoms with Gasteiger partial charge in [0.2, 0.25) is 0 Å². The van der Waals surface area contributed by atoms with Crippen LogP contribution >= 0.6 is 43.6 Å². The first kappa shape index (κ1) is 24.6. The van der Waals surface area contributed by atoms with Crippen molar-refractivity contribution in [3.63, 3.8) is 0 Å². The lowest BCUT2D eigenvalue weighted by atomic mass is 10.2. The van der Waals surface area contributed by atoms with Crippen molar-refractivity contribution in [2.75, 3.05) is 4.90 Å². The number of ether oxygens (including phenoxy) is 1. The number of amides is 1. The van der Waals surface area contributed by atoms with Crippen LogP contribution in [0.1, 0.15) is 11.1 Å². The van der Waals surface area contributed by atoms with Crippen molar-refractivity contribution in [1.29, 1.82) is 0 Å². The third kappa shape index (κ3) is 5.64. The molecule has 4 aromatic carbocycles. The molecule has 0 spiro atoms. The molecule has 5 rings (SSSR count). The van der Waals surface area contributed by atoms with Gasteiger partial charge in [-0.25, -0.2) is 4.99 Å². The van der Waals surface area contributed by atoms with Crippen molar-refractivity contribution >= 4 is 72.1 Å². The van der Waals surface area contributed by atoms with Crippen LogP contribution in [0.3, 0.4) is 0 Å². The Morgan fingerprint density at radius 1 is 0.833 bits per heavy atom. The highest BCUT2D eigenvalue weighted by Crippen LogP contribution is 2.40. The van der Waals surface area contributed by atoms with Gasteiger partial charge in [-0.3, -0.25) is 9.69 Å². The molecule has 4 nitrogen and oxygen atoms in total. The minimum Gasteiger partial charge on any atom is -0.487 e. The molecular weight excluding hydrogens is 600 g/mol. The van der Waals surface area contributed by atoms with E-state index in [0.717, 1.165) is 31.4 Å². The van der Waals surface area contributed by atoms with Crippen molar-refractivity contribution in [2.24, 2.45) is 4.99 Å². The summed E-state index contributed by atoms with van der Waals surface area (Å²) in [6.07, 6.45) is 1.88. The number of halogens is 2. The van der Waals surface area contributed by atoms with Gasteiger partial charge in [-0.1, -0.05) is 66.7 Å². The van der Waals surface area contributed by atoms with Crippen LogP contribution in [0.2, 0.25) is 0 Å². The summed E-state index contributed by atoms with van der Waals surface area (Å²) in [5.74, 6) is 0.598. The summed E-state index contributed by atoms with van der Waals surface area (Å²) in [4.78, 5) is 20.5. The fourth-order valence-corrected chi connectivity index (χ4v) is 6.10. The van der Waals surface area contributed by atoms with Gasteiger partial charge in [0.05, 0.1) is 25.2 Å². The van der Waals surface area contributed by atoms with E-state index in [0.29, 0.717) is 22.4 Å². The van der Waals surface area contributed by atoms with Crippen molar-refractivity contribution in [1.82, 2.24) is 0 Å². The Bertz CT molecular complexity index is 1420. The normalized spacial score (nSPS) is 15.6. The lowest BCUT2D eigenvalue weighted by Gasteiger charge is -2.15. The Hall–Kier alpha value is -3.13. The standard InChI is InChI=1S/C29H20Br2N2O2S/c30-24-16-21(17-25(31)27(24)35-19-20-10-4-1-5-11-20)18-26-28(34)33(23-14-8-3-9-15-23)29(36-26)32-22-12-6-2-7-13-22/h1-18H,19H2/b26-18+,32-29?. The second kappa shape index (κ2) is 11.3. The van der Waals surface area contributed by atoms with Gasteiger partial charge >= 0.3 is 0 Å². The van der Waals surface area contributed by atoms with Gasteiger partial charge in [0, 0.05) is 0 Å².